The number of benzene rings is 2. The number of carbonyl (C=O) groups excluding carboxylic acids is 1. The molecular formula is C22H25N5O2. The third-order valence-corrected chi connectivity index (χ3v) is 5.48. The normalized spacial score (nSPS) is 17.0. The van der Waals surface area contributed by atoms with Crippen molar-refractivity contribution in [3.05, 3.63) is 65.5 Å². The van der Waals surface area contributed by atoms with Gasteiger partial charge in [-0.1, -0.05) is 31.0 Å². The Balaban J connectivity index is 1.65. The van der Waals surface area contributed by atoms with Crippen LogP contribution in [0.4, 0.5) is 0 Å². The second kappa shape index (κ2) is 8.43. The Morgan fingerprint density at radius 1 is 1.10 bits per heavy atom. The molecular weight excluding hydrogens is 366 g/mol. The number of hydrogen-bond acceptors (Lipinski definition) is 5. The number of amides is 1. The van der Waals surface area contributed by atoms with Crippen LogP contribution in [-0.2, 0) is 0 Å². The lowest BCUT2D eigenvalue weighted by Gasteiger charge is -2.31. The summed E-state index contributed by atoms with van der Waals surface area (Å²) in [4.78, 5) is 15.5. The number of likely N-dealkylation sites (tertiary alicyclic amines) is 1. The molecule has 29 heavy (non-hydrogen) atoms. The highest BCUT2D eigenvalue weighted by Gasteiger charge is 2.28. The van der Waals surface area contributed by atoms with Crippen molar-refractivity contribution in [2.45, 2.75) is 38.6 Å². The van der Waals surface area contributed by atoms with E-state index in [9.17, 15) is 4.79 Å². The van der Waals surface area contributed by atoms with E-state index >= 15 is 0 Å². The topological polar surface area (TPSA) is 73.1 Å². The molecule has 0 bridgehead atoms. The molecule has 1 aliphatic heterocycles. The SMILES string of the molecule is COc1ccc([C@@H]2CCCCCN2C(=O)c2cccc(-n3nnnc3C)c2)cc1. The van der Waals surface area contributed by atoms with Crippen molar-refractivity contribution in [3.8, 4) is 11.4 Å². The summed E-state index contributed by atoms with van der Waals surface area (Å²) in [5.41, 5.74) is 2.58. The van der Waals surface area contributed by atoms with Crippen LogP contribution < -0.4 is 4.74 Å². The Morgan fingerprint density at radius 2 is 1.93 bits per heavy atom. The van der Waals surface area contributed by atoms with Gasteiger partial charge in [0, 0.05) is 12.1 Å². The molecule has 7 nitrogen and oxygen atoms in total. The molecule has 1 saturated heterocycles. The number of hydrogen-bond donors (Lipinski definition) is 0. The van der Waals surface area contributed by atoms with Crippen molar-refractivity contribution in [1.82, 2.24) is 25.1 Å². The van der Waals surface area contributed by atoms with E-state index in [1.54, 1.807) is 11.8 Å². The molecule has 2 heterocycles. The first-order valence-electron chi connectivity index (χ1n) is 9.98. The van der Waals surface area contributed by atoms with Crippen LogP contribution in [0.3, 0.4) is 0 Å². The zero-order valence-corrected chi connectivity index (χ0v) is 16.8. The summed E-state index contributed by atoms with van der Waals surface area (Å²) in [6, 6.07) is 15.6. The molecule has 7 heteroatoms. The van der Waals surface area contributed by atoms with Crippen LogP contribution in [0.5, 0.6) is 5.75 Å². The van der Waals surface area contributed by atoms with Gasteiger partial charge in [0.25, 0.3) is 5.91 Å². The van der Waals surface area contributed by atoms with E-state index in [1.165, 1.54) is 0 Å². The molecule has 0 spiro atoms. The Kier molecular flexibility index (Phi) is 5.55. The van der Waals surface area contributed by atoms with Crippen molar-refractivity contribution in [3.63, 3.8) is 0 Å². The zero-order valence-electron chi connectivity index (χ0n) is 16.8. The first-order valence-corrected chi connectivity index (χ1v) is 9.98. The van der Waals surface area contributed by atoms with E-state index in [4.69, 9.17) is 4.74 Å². The van der Waals surface area contributed by atoms with E-state index < -0.39 is 0 Å². The highest BCUT2D eigenvalue weighted by molar-refractivity contribution is 5.95. The smallest absolute Gasteiger partial charge is 0.254 e. The quantitative estimate of drug-likeness (QED) is 0.677. The van der Waals surface area contributed by atoms with E-state index in [0.29, 0.717) is 11.4 Å². The lowest BCUT2D eigenvalue weighted by atomic mass is 10.00. The van der Waals surface area contributed by atoms with Gasteiger partial charge in [-0.25, -0.2) is 0 Å². The molecule has 0 unspecified atom stereocenters. The molecule has 4 rings (SSSR count). The van der Waals surface area contributed by atoms with Crippen molar-refractivity contribution >= 4 is 5.91 Å². The zero-order chi connectivity index (χ0) is 20.2. The number of carbonyl (C=O) groups is 1. The Labute approximate surface area is 170 Å². The van der Waals surface area contributed by atoms with E-state index in [0.717, 1.165) is 49.2 Å². The fourth-order valence-electron chi connectivity index (χ4n) is 3.93. The number of aromatic nitrogens is 4. The minimum absolute atomic E-state index is 0.0419. The molecule has 1 amide bonds. The third-order valence-electron chi connectivity index (χ3n) is 5.48. The summed E-state index contributed by atoms with van der Waals surface area (Å²) in [6.07, 6.45) is 4.23. The number of ether oxygens (including phenoxy) is 1. The first-order chi connectivity index (χ1) is 14.2. The van der Waals surface area contributed by atoms with Gasteiger partial charge in [0.2, 0.25) is 0 Å². The van der Waals surface area contributed by atoms with Crippen LogP contribution in [0.25, 0.3) is 5.69 Å². The Bertz CT molecular complexity index is 983. The highest BCUT2D eigenvalue weighted by Crippen LogP contribution is 2.32. The first kappa shape index (κ1) is 19.1. The van der Waals surface area contributed by atoms with Gasteiger partial charge in [-0.15, -0.1) is 5.10 Å². The van der Waals surface area contributed by atoms with Gasteiger partial charge in [0.1, 0.15) is 5.75 Å². The minimum Gasteiger partial charge on any atom is -0.497 e. The van der Waals surface area contributed by atoms with Gasteiger partial charge in [0.05, 0.1) is 18.8 Å². The molecule has 0 radical (unpaired) electrons. The molecule has 1 fully saturated rings. The van der Waals surface area contributed by atoms with Crippen LogP contribution >= 0.6 is 0 Å². The lowest BCUT2D eigenvalue weighted by molar-refractivity contribution is 0.0681. The van der Waals surface area contributed by atoms with Crippen LogP contribution in [0.1, 0.15) is 53.5 Å². The molecule has 0 saturated carbocycles. The summed E-state index contributed by atoms with van der Waals surface area (Å²) in [5.74, 6) is 1.55. The summed E-state index contributed by atoms with van der Waals surface area (Å²) in [7, 11) is 1.66. The summed E-state index contributed by atoms with van der Waals surface area (Å²) in [6.45, 7) is 2.59. The molecule has 1 aromatic heterocycles. The van der Waals surface area contributed by atoms with Crippen LogP contribution in [0.15, 0.2) is 48.5 Å². The van der Waals surface area contributed by atoms with Gasteiger partial charge in [-0.2, -0.15) is 4.68 Å². The molecule has 0 aliphatic carbocycles. The number of tetrazole rings is 1. The van der Waals surface area contributed by atoms with Crippen molar-refractivity contribution in [2.75, 3.05) is 13.7 Å². The number of rotatable bonds is 4. The predicted molar refractivity (Wildman–Crippen MR) is 109 cm³/mol. The summed E-state index contributed by atoms with van der Waals surface area (Å²) < 4.78 is 6.92. The number of aryl methyl sites for hydroxylation is 1. The van der Waals surface area contributed by atoms with E-state index in [2.05, 4.69) is 27.7 Å². The molecule has 1 atom stereocenters. The third kappa shape index (κ3) is 3.99. The fraction of sp³-hybridized carbons (Fsp3) is 0.364. The standard InChI is InChI=1S/C22H25N5O2/c1-16-23-24-25-27(16)19-8-6-7-18(15-19)22(28)26-14-5-3-4-9-21(26)17-10-12-20(29-2)13-11-17/h6-8,10-13,15,21H,3-5,9,14H2,1-2H3/t21-/m0/s1. The second-order valence-electron chi connectivity index (χ2n) is 7.33. The fourth-order valence-corrected chi connectivity index (χ4v) is 3.93. The average Bonchev–Trinajstić information content (AvgIpc) is 3.05. The molecule has 3 aromatic rings. The van der Waals surface area contributed by atoms with Gasteiger partial charge >= 0.3 is 0 Å². The van der Waals surface area contributed by atoms with E-state index in [-0.39, 0.29) is 11.9 Å². The van der Waals surface area contributed by atoms with E-state index in [1.807, 2.05) is 48.2 Å². The minimum atomic E-state index is 0.0419. The Morgan fingerprint density at radius 3 is 2.66 bits per heavy atom. The summed E-state index contributed by atoms with van der Waals surface area (Å²) >= 11 is 0. The molecule has 2 aromatic carbocycles. The van der Waals surface area contributed by atoms with Crippen LogP contribution in [-0.4, -0.2) is 44.7 Å². The maximum atomic E-state index is 13.5. The van der Waals surface area contributed by atoms with Gasteiger partial charge in [-0.05, 0) is 66.1 Å². The van der Waals surface area contributed by atoms with Crippen molar-refractivity contribution in [2.24, 2.45) is 0 Å². The van der Waals surface area contributed by atoms with Crippen molar-refractivity contribution in [1.29, 1.82) is 0 Å². The van der Waals surface area contributed by atoms with Gasteiger partial charge in [0.15, 0.2) is 5.82 Å². The molecule has 150 valence electrons. The lowest BCUT2D eigenvalue weighted by Crippen LogP contribution is -2.34. The second-order valence-corrected chi connectivity index (χ2v) is 7.33. The monoisotopic (exact) mass is 391 g/mol. The Hall–Kier alpha value is -3.22. The molecule has 1 aliphatic rings. The average molecular weight is 391 g/mol. The number of nitrogens with zero attached hydrogens (tertiary/aromatic N) is 5. The van der Waals surface area contributed by atoms with Gasteiger partial charge in [-0.3, -0.25) is 4.79 Å². The van der Waals surface area contributed by atoms with Crippen LogP contribution in [0, 0.1) is 6.92 Å². The van der Waals surface area contributed by atoms with Gasteiger partial charge < -0.3 is 9.64 Å². The maximum absolute atomic E-state index is 13.5. The van der Waals surface area contributed by atoms with Crippen LogP contribution in [0.2, 0.25) is 0 Å². The number of methoxy groups -OCH3 is 1. The highest BCUT2D eigenvalue weighted by atomic mass is 16.5. The largest absolute Gasteiger partial charge is 0.497 e. The maximum Gasteiger partial charge on any atom is 0.254 e. The molecule has 0 N–H and O–H groups in total. The predicted octanol–water partition coefficient (Wildman–Crippen LogP) is 3.74. The summed E-state index contributed by atoms with van der Waals surface area (Å²) in [5, 5.41) is 11.6. The van der Waals surface area contributed by atoms with Crippen molar-refractivity contribution < 1.29 is 9.53 Å².